The summed E-state index contributed by atoms with van der Waals surface area (Å²) >= 11 is 0. The van der Waals surface area contributed by atoms with E-state index in [2.05, 4.69) is 0 Å². The molecule has 3 rings (SSSR count). The highest BCUT2D eigenvalue weighted by Crippen LogP contribution is 2.42. The molecule has 1 aromatic carbocycles. The van der Waals surface area contributed by atoms with Crippen molar-refractivity contribution in [3.8, 4) is 0 Å². The number of piperidine rings is 1. The Hall–Kier alpha value is -1.91. The van der Waals surface area contributed by atoms with Crippen LogP contribution in [-0.4, -0.2) is 35.5 Å². The predicted octanol–water partition coefficient (Wildman–Crippen LogP) is 3.97. The lowest BCUT2D eigenvalue weighted by atomic mass is 9.79. The van der Waals surface area contributed by atoms with Gasteiger partial charge >= 0.3 is 5.97 Å². The van der Waals surface area contributed by atoms with Gasteiger partial charge in [0.15, 0.2) is 6.61 Å². The minimum Gasteiger partial charge on any atom is -0.455 e. The van der Waals surface area contributed by atoms with E-state index in [0.29, 0.717) is 18.4 Å². The Kier molecular flexibility index (Phi) is 5.64. The van der Waals surface area contributed by atoms with E-state index in [4.69, 9.17) is 4.74 Å². The second-order valence-corrected chi connectivity index (χ2v) is 7.81. The van der Waals surface area contributed by atoms with Gasteiger partial charge in [-0.05, 0) is 63.6 Å². The standard InChI is InChI=1S/C21H28FNO3/c1-15-7-5-8-16(2)23(15)19(24)14-26-20(25)21(11-3-4-12-21)17-9-6-10-18(22)13-17/h6,9-10,13,15-16H,3-5,7-8,11-12,14H2,1-2H3. The van der Waals surface area contributed by atoms with Gasteiger partial charge in [0, 0.05) is 12.1 Å². The Balaban J connectivity index is 1.70. The van der Waals surface area contributed by atoms with Gasteiger partial charge in [0.25, 0.3) is 5.91 Å². The van der Waals surface area contributed by atoms with E-state index in [1.807, 2.05) is 18.7 Å². The number of esters is 1. The number of carbonyl (C=O) groups is 2. The summed E-state index contributed by atoms with van der Waals surface area (Å²) in [6.45, 7) is 3.85. The van der Waals surface area contributed by atoms with Gasteiger partial charge in [0.1, 0.15) is 5.82 Å². The van der Waals surface area contributed by atoms with Crippen LogP contribution in [0.3, 0.4) is 0 Å². The number of halogens is 1. The molecule has 5 heteroatoms. The number of likely N-dealkylation sites (tertiary alicyclic amines) is 1. The van der Waals surface area contributed by atoms with Crippen molar-refractivity contribution in [1.82, 2.24) is 4.90 Å². The maximum Gasteiger partial charge on any atom is 0.317 e. The van der Waals surface area contributed by atoms with Gasteiger partial charge in [0.2, 0.25) is 0 Å². The fourth-order valence-electron chi connectivity index (χ4n) is 4.63. The van der Waals surface area contributed by atoms with Crippen LogP contribution in [0.1, 0.15) is 64.4 Å². The Morgan fingerprint density at radius 2 is 1.81 bits per heavy atom. The van der Waals surface area contributed by atoms with Crippen LogP contribution in [0.15, 0.2) is 24.3 Å². The molecule has 2 aliphatic rings. The summed E-state index contributed by atoms with van der Waals surface area (Å²) in [6, 6.07) is 6.55. The van der Waals surface area contributed by atoms with Crippen LogP contribution in [0.2, 0.25) is 0 Å². The highest BCUT2D eigenvalue weighted by Gasteiger charge is 2.44. The molecule has 1 saturated carbocycles. The Labute approximate surface area is 154 Å². The number of hydrogen-bond donors (Lipinski definition) is 0. The molecule has 0 aromatic heterocycles. The van der Waals surface area contributed by atoms with Crippen molar-refractivity contribution in [2.24, 2.45) is 0 Å². The lowest BCUT2D eigenvalue weighted by Gasteiger charge is -2.39. The van der Waals surface area contributed by atoms with Gasteiger partial charge in [-0.3, -0.25) is 9.59 Å². The van der Waals surface area contributed by atoms with E-state index in [9.17, 15) is 14.0 Å². The number of ether oxygens (including phenoxy) is 1. The fourth-order valence-corrected chi connectivity index (χ4v) is 4.63. The highest BCUT2D eigenvalue weighted by atomic mass is 19.1. The number of hydrogen-bond acceptors (Lipinski definition) is 3. The smallest absolute Gasteiger partial charge is 0.317 e. The molecule has 0 radical (unpaired) electrons. The first-order valence-corrected chi connectivity index (χ1v) is 9.68. The van der Waals surface area contributed by atoms with Crippen molar-refractivity contribution in [3.05, 3.63) is 35.6 Å². The lowest BCUT2D eigenvalue weighted by Crippen LogP contribution is -2.49. The predicted molar refractivity (Wildman–Crippen MR) is 97.1 cm³/mol. The highest BCUT2D eigenvalue weighted by molar-refractivity contribution is 5.87. The molecular formula is C21H28FNO3. The molecule has 1 aliphatic heterocycles. The van der Waals surface area contributed by atoms with Crippen molar-refractivity contribution in [2.75, 3.05) is 6.61 Å². The Morgan fingerprint density at radius 1 is 1.15 bits per heavy atom. The molecule has 1 amide bonds. The summed E-state index contributed by atoms with van der Waals surface area (Å²) < 4.78 is 19.2. The molecule has 2 fully saturated rings. The summed E-state index contributed by atoms with van der Waals surface area (Å²) in [5.74, 6) is -0.884. The van der Waals surface area contributed by atoms with E-state index in [0.717, 1.165) is 32.1 Å². The zero-order chi connectivity index (χ0) is 18.7. The van der Waals surface area contributed by atoms with Gasteiger partial charge < -0.3 is 9.64 Å². The molecule has 2 unspecified atom stereocenters. The zero-order valence-corrected chi connectivity index (χ0v) is 15.7. The first kappa shape index (κ1) is 18.9. The SMILES string of the molecule is CC1CCCC(C)N1C(=O)COC(=O)C1(c2cccc(F)c2)CCCC1. The molecule has 0 bridgehead atoms. The molecule has 26 heavy (non-hydrogen) atoms. The van der Waals surface area contributed by atoms with Crippen molar-refractivity contribution >= 4 is 11.9 Å². The summed E-state index contributed by atoms with van der Waals surface area (Å²) in [6.07, 6.45) is 6.17. The first-order valence-electron chi connectivity index (χ1n) is 9.68. The van der Waals surface area contributed by atoms with Crippen molar-refractivity contribution in [2.45, 2.75) is 76.3 Å². The molecule has 0 N–H and O–H groups in total. The van der Waals surface area contributed by atoms with Crippen LogP contribution >= 0.6 is 0 Å². The molecule has 1 heterocycles. The normalized spacial score (nSPS) is 25.1. The van der Waals surface area contributed by atoms with E-state index in [1.165, 1.54) is 12.1 Å². The third-order valence-corrected chi connectivity index (χ3v) is 6.03. The van der Waals surface area contributed by atoms with E-state index in [1.54, 1.807) is 12.1 Å². The molecule has 2 atom stereocenters. The number of carbonyl (C=O) groups excluding carboxylic acids is 2. The molecule has 0 spiro atoms. The number of nitrogens with zero attached hydrogens (tertiary/aromatic N) is 1. The van der Waals surface area contributed by atoms with Gasteiger partial charge in [-0.2, -0.15) is 0 Å². The number of rotatable bonds is 4. The second-order valence-electron chi connectivity index (χ2n) is 7.81. The van der Waals surface area contributed by atoms with Crippen molar-refractivity contribution < 1.29 is 18.7 Å². The molecule has 1 saturated heterocycles. The zero-order valence-electron chi connectivity index (χ0n) is 15.7. The van der Waals surface area contributed by atoms with Crippen LogP contribution in [0.4, 0.5) is 4.39 Å². The number of benzene rings is 1. The van der Waals surface area contributed by atoms with Crippen LogP contribution < -0.4 is 0 Å². The molecule has 4 nitrogen and oxygen atoms in total. The van der Waals surface area contributed by atoms with Gasteiger partial charge in [-0.15, -0.1) is 0 Å². The quantitative estimate of drug-likeness (QED) is 0.763. The van der Waals surface area contributed by atoms with E-state index >= 15 is 0 Å². The minimum atomic E-state index is -0.818. The van der Waals surface area contributed by atoms with Gasteiger partial charge in [-0.25, -0.2) is 4.39 Å². The molecule has 1 aliphatic carbocycles. The lowest BCUT2D eigenvalue weighted by molar-refractivity contribution is -0.159. The van der Waals surface area contributed by atoms with Crippen LogP contribution in [-0.2, 0) is 19.7 Å². The summed E-state index contributed by atoms with van der Waals surface area (Å²) in [7, 11) is 0. The minimum absolute atomic E-state index is 0.134. The van der Waals surface area contributed by atoms with Crippen molar-refractivity contribution in [1.29, 1.82) is 0 Å². The average molecular weight is 361 g/mol. The van der Waals surface area contributed by atoms with Crippen LogP contribution in [0, 0.1) is 5.82 Å². The largest absolute Gasteiger partial charge is 0.455 e. The fraction of sp³-hybridized carbons (Fsp3) is 0.619. The molecular weight excluding hydrogens is 333 g/mol. The van der Waals surface area contributed by atoms with E-state index < -0.39 is 11.4 Å². The van der Waals surface area contributed by atoms with Crippen molar-refractivity contribution in [3.63, 3.8) is 0 Å². The van der Waals surface area contributed by atoms with Gasteiger partial charge in [0.05, 0.1) is 5.41 Å². The number of amides is 1. The third kappa shape index (κ3) is 3.62. The maximum absolute atomic E-state index is 13.7. The Bertz CT molecular complexity index is 659. The maximum atomic E-state index is 13.7. The van der Waals surface area contributed by atoms with E-state index in [-0.39, 0.29) is 30.4 Å². The van der Waals surface area contributed by atoms with Crippen LogP contribution in [0.25, 0.3) is 0 Å². The summed E-state index contributed by atoms with van der Waals surface area (Å²) in [4.78, 5) is 27.4. The second kappa shape index (κ2) is 7.77. The summed E-state index contributed by atoms with van der Waals surface area (Å²) in [5.41, 5.74) is -0.159. The molecule has 142 valence electrons. The molecule has 1 aromatic rings. The van der Waals surface area contributed by atoms with Gasteiger partial charge in [-0.1, -0.05) is 25.0 Å². The van der Waals surface area contributed by atoms with Crippen LogP contribution in [0.5, 0.6) is 0 Å². The first-order chi connectivity index (χ1) is 12.4. The topological polar surface area (TPSA) is 46.6 Å². The summed E-state index contributed by atoms with van der Waals surface area (Å²) in [5, 5.41) is 0. The monoisotopic (exact) mass is 361 g/mol. The average Bonchev–Trinajstić information content (AvgIpc) is 3.10. The Morgan fingerprint density at radius 3 is 2.42 bits per heavy atom. The third-order valence-electron chi connectivity index (χ3n) is 6.03.